The van der Waals surface area contributed by atoms with E-state index in [1.165, 1.54) is 40.6 Å². The van der Waals surface area contributed by atoms with Crippen molar-refractivity contribution in [2.75, 3.05) is 39.2 Å². The molecule has 4 rings (SSSR count). The van der Waals surface area contributed by atoms with Gasteiger partial charge in [0, 0.05) is 42.9 Å². The zero-order valence-corrected chi connectivity index (χ0v) is 23.7. The van der Waals surface area contributed by atoms with Gasteiger partial charge in [-0.15, -0.1) is 0 Å². The highest BCUT2D eigenvalue weighted by molar-refractivity contribution is 7.89. The first kappa shape index (κ1) is 29.3. The number of ether oxygens (including phenoxy) is 2. The third-order valence-corrected chi connectivity index (χ3v) is 8.99. The minimum atomic E-state index is -4.06. The number of carbonyl (C=O) groups excluding carboxylic acids is 1. The largest absolute Gasteiger partial charge is 0.497 e. The normalized spacial score (nSPS) is 19.4. The van der Waals surface area contributed by atoms with Gasteiger partial charge in [0.25, 0.3) is 0 Å². The molecular formula is C29H34FN3O6S. The Balaban J connectivity index is 1.68. The van der Waals surface area contributed by atoms with E-state index in [1.807, 2.05) is 6.92 Å². The first-order valence-corrected chi connectivity index (χ1v) is 14.3. The minimum absolute atomic E-state index is 0.0500. The van der Waals surface area contributed by atoms with Crippen molar-refractivity contribution in [3.05, 3.63) is 72.5 Å². The molecule has 0 unspecified atom stereocenters. The fraction of sp³-hybridized carbons (Fsp3) is 0.345. The number of benzene rings is 3. The number of nitrogens with one attached hydrogen (secondary N) is 1. The number of rotatable bonds is 7. The van der Waals surface area contributed by atoms with E-state index >= 15 is 0 Å². The van der Waals surface area contributed by atoms with Crippen molar-refractivity contribution in [3.8, 4) is 22.6 Å². The minimum Gasteiger partial charge on any atom is -0.497 e. The van der Waals surface area contributed by atoms with E-state index in [-0.39, 0.29) is 42.3 Å². The van der Waals surface area contributed by atoms with Crippen molar-refractivity contribution >= 4 is 21.7 Å². The smallest absolute Gasteiger partial charge is 0.321 e. The van der Waals surface area contributed by atoms with Crippen molar-refractivity contribution in [2.45, 2.75) is 30.9 Å². The molecule has 2 N–H and O–H groups in total. The standard InChI is InChI=1S/C29H34FN3O6S/c1-19-16-33(20(2)18-34)40(36,37)28-13-12-21(24-10-5-6-11-25(24)30)14-26(28)39-27(19)17-32(3)29(35)31-22-8-7-9-23(15-22)38-4/h5-15,19-20,27,34H,16-18H2,1-4H3,(H,31,35)/t19-,20+,27+/m1/s1. The second-order valence-corrected chi connectivity index (χ2v) is 11.8. The highest BCUT2D eigenvalue weighted by Gasteiger charge is 2.38. The predicted octanol–water partition coefficient (Wildman–Crippen LogP) is 4.43. The number of aliphatic hydroxyl groups is 1. The summed E-state index contributed by atoms with van der Waals surface area (Å²) in [6.07, 6.45) is -0.625. The van der Waals surface area contributed by atoms with Crippen LogP contribution < -0.4 is 14.8 Å². The molecule has 40 heavy (non-hydrogen) atoms. The molecule has 3 atom stereocenters. The van der Waals surface area contributed by atoms with Crippen molar-refractivity contribution < 1.29 is 32.2 Å². The second kappa shape index (κ2) is 12.2. The molecule has 0 saturated carbocycles. The van der Waals surface area contributed by atoms with E-state index in [0.717, 1.165) is 0 Å². The molecule has 3 aromatic carbocycles. The zero-order chi connectivity index (χ0) is 29.0. The Labute approximate surface area is 234 Å². The molecule has 0 fully saturated rings. The Morgan fingerprint density at radius 2 is 1.95 bits per heavy atom. The second-order valence-electron chi connectivity index (χ2n) is 9.92. The van der Waals surface area contributed by atoms with E-state index in [4.69, 9.17) is 9.47 Å². The lowest BCUT2D eigenvalue weighted by atomic mass is 10.0. The molecule has 1 heterocycles. The van der Waals surface area contributed by atoms with Crippen LogP contribution in [0.2, 0.25) is 0 Å². The van der Waals surface area contributed by atoms with Crippen LogP contribution in [0.5, 0.6) is 11.5 Å². The van der Waals surface area contributed by atoms with Gasteiger partial charge in [0.2, 0.25) is 10.0 Å². The van der Waals surface area contributed by atoms with Crippen molar-refractivity contribution in [2.24, 2.45) is 5.92 Å². The summed E-state index contributed by atoms with van der Waals surface area (Å²) in [6.45, 7) is 3.28. The Hall–Kier alpha value is -3.67. The quantitative estimate of drug-likeness (QED) is 0.434. The monoisotopic (exact) mass is 571 g/mol. The number of aliphatic hydroxyl groups excluding tert-OH is 1. The number of halogens is 1. The summed E-state index contributed by atoms with van der Waals surface area (Å²) in [5, 5.41) is 12.7. The average molecular weight is 572 g/mol. The number of hydrogen-bond donors (Lipinski definition) is 2. The van der Waals surface area contributed by atoms with Gasteiger partial charge >= 0.3 is 6.03 Å². The summed E-state index contributed by atoms with van der Waals surface area (Å²) in [5.41, 5.74) is 1.30. The average Bonchev–Trinajstić information content (AvgIpc) is 2.94. The fourth-order valence-corrected chi connectivity index (χ4v) is 6.40. The first-order valence-electron chi connectivity index (χ1n) is 12.9. The van der Waals surface area contributed by atoms with Crippen LogP contribution in [0.15, 0.2) is 71.6 Å². The number of methoxy groups -OCH3 is 1. The van der Waals surface area contributed by atoms with Gasteiger partial charge in [-0.2, -0.15) is 4.31 Å². The number of fused-ring (bicyclic) bond motifs is 1. The number of likely N-dealkylation sites (N-methyl/N-ethyl adjacent to an activating group) is 1. The van der Waals surface area contributed by atoms with Gasteiger partial charge in [-0.3, -0.25) is 0 Å². The molecule has 214 valence electrons. The van der Waals surface area contributed by atoms with E-state index in [0.29, 0.717) is 22.6 Å². The Bertz CT molecular complexity index is 1470. The van der Waals surface area contributed by atoms with Crippen LogP contribution >= 0.6 is 0 Å². The predicted molar refractivity (Wildman–Crippen MR) is 150 cm³/mol. The first-order chi connectivity index (χ1) is 19.0. The van der Waals surface area contributed by atoms with E-state index in [9.17, 15) is 22.7 Å². The Morgan fingerprint density at radius 1 is 1.20 bits per heavy atom. The van der Waals surface area contributed by atoms with Gasteiger partial charge in [-0.1, -0.05) is 37.3 Å². The summed E-state index contributed by atoms with van der Waals surface area (Å²) >= 11 is 0. The summed E-state index contributed by atoms with van der Waals surface area (Å²) in [4.78, 5) is 14.4. The lowest BCUT2D eigenvalue weighted by Gasteiger charge is -2.37. The molecule has 0 radical (unpaired) electrons. The van der Waals surface area contributed by atoms with Crippen LogP contribution in [0, 0.1) is 11.7 Å². The topological polar surface area (TPSA) is 108 Å². The van der Waals surface area contributed by atoms with Crippen LogP contribution in [-0.2, 0) is 10.0 Å². The van der Waals surface area contributed by atoms with Crippen molar-refractivity contribution in [1.82, 2.24) is 9.21 Å². The van der Waals surface area contributed by atoms with Gasteiger partial charge in [0.1, 0.15) is 28.3 Å². The molecule has 0 saturated heterocycles. The summed E-state index contributed by atoms with van der Waals surface area (Å²) in [7, 11) is -0.906. The van der Waals surface area contributed by atoms with Gasteiger partial charge in [0.05, 0.1) is 20.3 Å². The Morgan fingerprint density at radius 3 is 2.65 bits per heavy atom. The van der Waals surface area contributed by atoms with Gasteiger partial charge in [0.15, 0.2) is 0 Å². The molecule has 0 aromatic heterocycles. The molecule has 11 heteroatoms. The lowest BCUT2D eigenvalue weighted by molar-refractivity contribution is 0.0830. The molecular weight excluding hydrogens is 537 g/mol. The van der Waals surface area contributed by atoms with Crippen LogP contribution in [-0.4, -0.2) is 74.8 Å². The number of sulfonamides is 1. The number of urea groups is 1. The van der Waals surface area contributed by atoms with Crippen molar-refractivity contribution in [1.29, 1.82) is 0 Å². The number of carbonyl (C=O) groups is 1. The van der Waals surface area contributed by atoms with Crippen molar-refractivity contribution in [3.63, 3.8) is 0 Å². The van der Waals surface area contributed by atoms with Gasteiger partial charge in [-0.25, -0.2) is 17.6 Å². The van der Waals surface area contributed by atoms with Gasteiger partial charge < -0.3 is 24.8 Å². The zero-order valence-electron chi connectivity index (χ0n) is 22.9. The highest BCUT2D eigenvalue weighted by atomic mass is 32.2. The maximum Gasteiger partial charge on any atom is 0.321 e. The van der Waals surface area contributed by atoms with E-state index in [1.54, 1.807) is 56.4 Å². The molecule has 0 bridgehead atoms. The highest BCUT2D eigenvalue weighted by Crippen LogP contribution is 2.37. The van der Waals surface area contributed by atoms with Crippen LogP contribution in [0.3, 0.4) is 0 Å². The van der Waals surface area contributed by atoms with Gasteiger partial charge in [-0.05, 0) is 42.8 Å². The third kappa shape index (κ3) is 6.22. The maximum absolute atomic E-state index is 14.6. The summed E-state index contributed by atoms with van der Waals surface area (Å²) < 4.78 is 54.8. The van der Waals surface area contributed by atoms with E-state index < -0.39 is 28.0 Å². The number of anilines is 1. The van der Waals surface area contributed by atoms with Crippen LogP contribution in [0.1, 0.15) is 13.8 Å². The third-order valence-electron chi connectivity index (χ3n) is 6.97. The Kier molecular flexibility index (Phi) is 8.97. The molecule has 1 aliphatic heterocycles. The number of amides is 2. The summed E-state index contributed by atoms with van der Waals surface area (Å²) in [6, 6.07) is 16.5. The molecule has 1 aliphatic rings. The molecule has 9 nitrogen and oxygen atoms in total. The summed E-state index contributed by atoms with van der Waals surface area (Å²) in [5.74, 6) is -0.181. The molecule has 3 aromatic rings. The van der Waals surface area contributed by atoms with E-state index in [2.05, 4.69) is 5.32 Å². The lowest BCUT2D eigenvalue weighted by Crippen LogP contribution is -2.50. The number of hydrogen-bond acceptors (Lipinski definition) is 6. The SMILES string of the molecule is COc1cccc(NC(=O)N(C)C[C@@H]2Oc3cc(-c4ccccc4F)ccc3S(=O)(=O)N([C@@H](C)CO)C[C@H]2C)c1. The number of nitrogens with zero attached hydrogens (tertiary/aromatic N) is 2. The maximum atomic E-state index is 14.6. The molecule has 0 aliphatic carbocycles. The van der Waals surface area contributed by atoms with Crippen LogP contribution in [0.4, 0.5) is 14.9 Å². The van der Waals surface area contributed by atoms with Crippen LogP contribution in [0.25, 0.3) is 11.1 Å². The molecule has 0 spiro atoms. The fourth-order valence-electron chi connectivity index (χ4n) is 4.58. The molecule has 2 amide bonds.